The molecule has 3 nitrogen and oxygen atoms in total. The van der Waals surface area contributed by atoms with Crippen LogP contribution >= 0.6 is 0 Å². The Labute approximate surface area is 101 Å². The van der Waals surface area contributed by atoms with E-state index in [9.17, 15) is 4.39 Å². The van der Waals surface area contributed by atoms with Gasteiger partial charge >= 0.3 is 0 Å². The van der Waals surface area contributed by atoms with Crippen molar-refractivity contribution in [3.8, 4) is 0 Å². The molecular formula is C13H18FNO2. The second-order valence-corrected chi connectivity index (χ2v) is 4.40. The maximum atomic E-state index is 13.4. The molecule has 1 heterocycles. The summed E-state index contributed by atoms with van der Waals surface area (Å²) in [6.45, 7) is 2.56. The van der Waals surface area contributed by atoms with E-state index in [0.717, 1.165) is 19.6 Å². The summed E-state index contributed by atoms with van der Waals surface area (Å²) in [5.74, 6) is 0.190. The minimum Gasteiger partial charge on any atom is -0.381 e. The molecular weight excluding hydrogens is 221 g/mol. The molecule has 2 atom stereocenters. The van der Waals surface area contributed by atoms with Crippen LogP contribution in [0.1, 0.15) is 18.0 Å². The summed E-state index contributed by atoms with van der Waals surface area (Å²) in [4.78, 5) is 0. The lowest BCUT2D eigenvalue weighted by Gasteiger charge is -2.15. The van der Waals surface area contributed by atoms with E-state index in [4.69, 9.17) is 15.2 Å². The van der Waals surface area contributed by atoms with E-state index in [1.165, 1.54) is 6.07 Å². The molecule has 0 radical (unpaired) electrons. The highest BCUT2D eigenvalue weighted by Gasteiger charge is 2.17. The Bertz CT molecular complexity index is 353. The van der Waals surface area contributed by atoms with E-state index in [-0.39, 0.29) is 5.82 Å². The van der Waals surface area contributed by atoms with Crippen molar-refractivity contribution in [3.05, 3.63) is 35.6 Å². The lowest BCUT2D eigenvalue weighted by Crippen LogP contribution is -2.21. The van der Waals surface area contributed by atoms with Crippen LogP contribution in [0.3, 0.4) is 0 Å². The lowest BCUT2D eigenvalue weighted by atomic mass is 10.1. The summed E-state index contributed by atoms with van der Waals surface area (Å²) in [6, 6.07) is 6.14. The quantitative estimate of drug-likeness (QED) is 0.853. The van der Waals surface area contributed by atoms with E-state index >= 15 is 0 Å². The van der Waals surface area contributed by atoms with Crippen LogP contribution < -0.4 is 5.73 Å². The summed E-state index contributed by atoms with van der Waals surface area (Å²) in [6.07, 6.45) is 1.04. The Morgan fingerprint density at radius 1 is 1.47 bits per heavy atom. The SMILES string of the molecule is NC(COCC1CCOC1)c1ccccc1F. The first-order chi connectivity index (χ1) is 8.27. The molecule has 17 heavy (non-hydrogen) atoms. The monoisotopic (exact) mass is 239 g/mol. The smallest absolute Gasteiger partial charge is 0.128 e. The average molecular weight is 239 g/mol. The van der Waals surface area contributed by atoms with Crippen LogP contribution in [0.15, 0.2) is 24.3 Å². The molecule has 0 aliphatic carbocycles. The molecule has 2 N–H and O–H groups in total. The number of hydrogen-bond donors (Lipinski definition) is 1. The molecule has 94 valence electrons. The zero-order valence-electron chi connectivity index (χ0n) is 9.77. The number of benzene rings is 1. The van der Waals surface area contributed by atoms with E-state index < -0.39 is 6.04 Å². The minimum atomic E-state index is -0.404. The van der Waals surface area contributed by atoms with Crippen molar-refractivity contribution < 1.29 is 13.9 Å². The molecule has 1 fully saturated rings. The van der Waals surface area contributed by atoms with Gasteiger partial charge in [-0.05, 0) is 12.5 Å². The Hall–Kier alpha value is -0.970. The van der Waals surface area contributed by atoms with Gasteiger partial charge in [-0.1, -0.05) is 18.2 Å². The number of ether oxygens (including phenoxy) is 2. The van der Waals surface area contributed by atoms with Gasteiger partial charge in [-0.15, -0.1) is 0 Å². The molecule has 1 aromatic rings. The summed E-state index contributed by atoms with van der Waals surface area (Å²) < 4.78 is 24.2. The predicted molar refractivity (Wildman–Crippen MR) is 63.1 cm³/mol. The molecule has 4 heteroatoms. The van der Waals surface area contributed by atoms with E-state index in [2.05, 4.69) is 0 Å². The maximum absolute atomic E-state index is 13.4. The van der Waals surface area contributed by atoms with Gasteiger partial charge in [0, 0.05) is 18.1 Å². The van der Waals surface area contributed by atoms with Gasteiger partial charge in [-0.25, -0.2) is 4.39 Å². The Morgan fingerprint density at radius 3 is 3.00 bits per heavy atom. The Morgan fingerprint density at radius 2 is 2.29 bits per heavy atom. The molecule has 0 spiro atoms. The Kier molecular flexibility index (Phi) is 4.48. The lowest BCUT2D eigenvalue weighted by molar-refractivity contribution is 0.0803. The van der Waals surface area contributed by atoms with E-state index in [1.807, 2.05) is 0 Å². The topological polar surface area (TPSA) is 44.5 Å². The fourth-order valence-electron chi connectivity index (χ4n) is 1.94. The number of halogens is 1. The number of rotatable bonds is 5. The Balaban J connectivity index is 1.77. The van der Waals surface area contributed by atoms with Crippen LogP contribution in [0.4, 0.5) is 4.39 Å². The third kappa shape index (κ3) is 3.49. The molecule has 1 aliphatic heterocycles. The average Bonchev–Trinajstić information content (AvgIpc) is 2.82. The van der Waals surface area contributed by atoms with Gasteiger partial charge in [0.25, 0.3) is 0 Å². The second kappa shape index (κ2) is 6.10. The van der Waals surface area contributed by atoms with Crippen LogP contribution in [-0.4, -0.2) is 26.4 Å². The molecule has 0 saturated carbocycles. The number of nitrogens with two attached hydrogens (primary N) is 1. The fraction of sp³-hybridized carbons (Fsp3) is 0.538. The van der Waals surface area contributed by atoms with Crippen molar-refractivity contribution in [2.45, 2.75) is 12.5 Å². The van der Waals surface area contributed by atoms with Gasteiger partial charge in [0.15, 0.2) is 0 Å². The van der Waals surface area contributed by atoms with Gasteiger partial charge in [0.05, 0.1) is 25.9 Å². The molecule has 1 saturated heterocycles. The molecule has 1 aromatic carbocycles. The largest absolute Gasteiger partial charge is 0.381 e. The standard InChI is InChI=1S/C13H18FNO2/c14-12-4-2-1-3-11(12)13(15)9-17-8-10-5-6-16-7-10/h1-4,10,13H,5-9,15H2. The summed E-state index contributed by atoms with van der Waals surface area (Å²) in [7, 11) is 0. The summed E-state index contributed by atoms with van der Waals surface area (Å²) in [5, 5.41) is 0. The molecule has 0 aromatic heterocycles. The van der Waals surface area contributed by atoms with Gasteiger partial charge in [-0.2, -0.15) is 0 Å². The van der Waals surface area contributed by atoms with Crippen molar-refractivity contribution >= 4 is 0 Å². The fourth-order valence-corrected chi connectivity index (χ4v) is 1.94. The first-order valence-corrected chi connectivity index (χ1v) is 5.93. The first kappa shape index (κ1) is 12.5. The second-order valence-electron chi connectivity index (χ2n) is 4.40. The van der Waals surface area contributed by atoms with Crippen molar-refractivity contribution in [1.82, 2.24) is 0 Å². The van der Waals surface area contributed by atoms with Crippen LogP contribution in [-0.2, 0) is 9.47 Å². The zero-order valence-corrected chi connectivity index (χ0v) is 9.77. The number of hydrogen-bond acceptors (Lipinski definition) is 3. The van der Waals surface area contributed by atoms with Crippen molar-refractivity contribution in [3.63, 3.8) is 0 Å². The maximum Gasteiger partial charge on any atom is 0.128 e. The highest BCUT2D eigenvalue weighted by Crippen LogP contribution is 2.16. The van der Waals surface area contributed by atoms with E-state index in [0.29, 0.717) is 24.7 Å². The molecule has 0 bridgehead atoms. The third-order valence-corrected chi connectivity index (χ3v) is 2.98. The van der Waals surface area contributed by atoms with E-state index in [1.54, 1.807) is 18.2 Å². The molecule has 1 aliphatic rings. The van der Waals surface area contributed by atoms with Crippen LogP contribution in [0, 0.1) is 11.7 Å². The molecule has 2 rings (SSSR count). The van der Waals surface area contributed by atoms with Crippen molar-refractivity contribution in [2.24, 2.45) is 11.7 Å². The van der Waals surface area contributed by atoms with Crippen LogP contribution in [0.25, 0.3) is 0 Å². The van der Waals surface area contributed by atoms with Crippen LogP contribution in [0.5, 0.6) is 0 Å². The first-order valence-electron chi connectivity index (χ1n) is 5.93. The van der Waals surface area contributed by atoms with Crippen LogP contribution in [0.2, 0.25) is 0 Å². The van der Waals surface area contributed by atoms with Crippen molar-refractivity contribution in [1.29, 1.82) is 0 Å². The highest BCUT2D eigenvalue weighted by atomic mass is 19.1. The normalized spacial score (nSPS) is 21.6. The zero-order chi connectivity index (χ0) is 12.1. The minimum absolute atomic E-state index is 0.271. The van der Waals surface area contributed by atoms with Gasteiger partial charge in [-0.3, -0.25) is 0 Å². The van der Waals surface area contributed by atoms with Crippen molar-refractivity contribution in [2.75, 3.05) is 26.4 Å². The molecule has 2 unspecified atom stereocenters. The third-order valence-electron chi connectivity index (χ3n) is 2.98. The van der Waals surface area contributed by atoms with Gasteiger partial charge in [0.2, 0.25) is 0 Å². The predicted octanol–water partition coefficient (Wildman–Crippen LogP) is 1.88. The summed E-state index contributed by atoms with van der Waals surface area (Å²) in [5.41, 5.74) is 6.39. The highest BCUT2D eigenvalue weighted by molar-refractivity contribution is 5.20. The molecule has 0 amide bonds. The van der Waals surface area contributed by atoms with Gasteiger partial charge in [0.1, 0.15) is 5.82 Å². The summed E-state index contributed by atoms with van der Waals surface area (Å²) >= 11 is 0. The van der Waals surface area contributed by atoms with Gasteiger partial charge < -0.3 is 15.2 Å².